The van der Waals surface area contributed by atoms with Gasteiger partial charge in [0.1, 0.15) is 11.8 Å². The van der Waals surface area contributed by atoms with Gasteiger partial charge in [0, 0.05) is 24.7 Å². The molecule has 0 radical (unpaired) electrons. The number of anilines is 2. The molecule has 1 aromatic heterocycles. The molecule has 3 rings (SSSR count). The fraction of sp³-hybridized carbons (Fsp3) is 0.381. The van der Waals surface area contributed by atoms with Crippen molar-refractivity contribution in [1.29, 1.82) is 5.26 Å². The van der Waals surface area contributed by atoms with Crippen molar-refractivity contribution in [3.8, 4) is 11.8 Å². The molecule has 0 spiro atoms. The molecule has 0 aliphatic carbocycles. The molecule has 0 bridgehead atoms. The van der Waals surface area contributed by atoms with Gasteiger partial charge < -0.3 is 20.1 Å². The maximum atomic E-state index is 12.3. The molecule has 12 heteroatoms. The summed E-state index contributed by atoms with van der Waals surface area (Å²) in [6, 6.07) is 4.57. The van der Waals surface area contributed by atoms with Gasteiger partial charge >= 0.3 is 6.03 Å². The van der Waals surface area contributed by atoms with Gasteiger partial charge in [0.05, 0.1) is 44.9 Å². The molecule has 2 heterocycles. The Kier molecular flexibility index (Phi) is 8.77. The van der Waals surface area contributed by atoms with Crippen LogP contribution in [0.2, 0.25) is 5.02 Å². The molecule has 1 aliphatic heterocycles. The van der Waals surface area contributed by atoms with Crippen LogP contribution < -0.4 is 20.7 Å². The highest BCUT2D eigenvalue weighted by Crippen LogP contribution is 2.31. The number of rotatable bonds is 8. The number of carbonyl (C=O) groups is 2. The Labute approximate surface area is 196 Å². The average molecular weight is 474 g/mol. The van der Waals surface area contributed by atoms with Crippen LogP contribution in [0, 0.1) is 11.3 Å². The molecular weight excluding hydrogens is 450 g/mol. The van der Waals surface area contributed by atoms with E-state index in [2.05, 4.69) is 25.9 Å². The third-order valence-electron chi connectivity index (χ3n) is 4.81. The van der Waals surface area contributed by atoms with Gasteiger partial charge in [-0.1, -0.05) is 11.6 Å². The number of hydrogen-bond acceptors (Lipinski definition) is 8. The Morgan fingerprint density at radius 1 is 1.24 bits per heavy atom. The number of urea groups is 1. The molecule has 33 heavy (non-hydrogen) atoms. The van der Waals surface area contributed by atoms with E-state index in [9.17, 15) is 9.59 Å². The minimum absolute atomic E-state index is 0.0548. The third-order valence-corrected chi connectivity index (χ3v) is 5.16. The van der Waals surface area contributed by atoms with Crippen LogP contribution in [0.3, 0.4) is 0 Å². The van der Waals surface area contributed by atoms with Crippen LogP contribution in [0.1, 0.15) is 11.3 Å². The minimum Gasteiger partial charge on any atom is -0.495 e. The minimum atomic E-state index is -0.577. The smallest absolute Gasteiger partial charge is 0.325 e. The highest BCUT2D eigenvalue weighted by molar-refractivity contribution is 6.31. The first-order chi connectivity index (χ1) is 16.0. The van der Waals surface area contributed by atoms with Crippen molar-refractivity contribution in [2.75, 3.05) is 57.1 Å². The zero-order valence-corrected chi connectivity index (χ0v) is 18.8. The summed E-state index contributed by atoms with van der Waals surface area (Å²) in [5.74, 6) is 0.539. The number of amides is 3. The first-order valence-electron chi connectivity index (χ1n) is 10.2. The largest absolute Gasteiger partial charge is 0.495 e. The molecule has 0 atom stereocenters. The van der Waals surface area contributed by atoms with Crippen molar-refractivity contribution < 1.29 is 19.1 Å². The number of nitrogens with zero attached hydrogens (tertiary/aromatic N) is 4. The number of morpholine rings is 1. The lowest BCUT2D eigenvalue weighted by Gasteiger charge is -2.25. The van der Waals surface area contributed by atoms with E-state index in [-0.39, 0.29) is 17.4 Å². The molecule has 3 N–H and O–H groups in total. The van der Waals surface area contributed by atoms with Crippen LogP contribution in [-0.4, -0.2) is 73.3 Å². The normalized spacial score (nSPS) is 13.6. The maximum Gasteiger partial charge on any atom is 0.325 e. The van der Waals surface area contributed by atoms with Crippen molar-refractivity contribution in [1.82, 2.24) is 20.2 Å². The SMILES string of the molecule is COc1cc(CCNC(=O)CN2CCOCC2)c(Cl)cc1NC(=O)Nc1cnc(C#N)cn1. The monoisotopic (exact) mass is 473 g/mol. The van der Waals surface area contributed by atoms with Crippen LogP contribution >= 0.6 is 11.6 Å². The number of hydrogen-bond donors (Lipinski definition) is 3. The average Bonchev–Trinajstić information content (AvgIpc) is 2.81. The van der Waals surface area contributed by atoms with Crippen LogP contribution in [0.25, 0.3) is 0 Å². The summed E-state index contributed by atoms with van der Waals surface area (Å²) in [7, 11) is 1.48. The number of halogens is 1. The second kappa shape index (κ2) is 12.0. The van der Waals surface area contributed by atoms with Crippen LogP contribution in [0.5, 0.6) is 5.75 Å². The zero-order chi connectivity index (χ0) is 23.6. The van der Waals surface area contributed by atoms with E-state index in [0.29, 0.717) is 49.2 Å². The lowest BCUT2D eigenvalue weighted by molar-refractivity contribution is -0.123. The first-order valence-corrected chi connectivity index (χ1v) is 10.6. The van der Waals surface area contributed by atoms with Crippen LogP contribution in [-0.2, 0) is 16.0 Å². The van der Waals surface area contributed by atoms with E-state index in [4.69, 9.17) is 26.3 Å². The number of nitriles is 1. The van der Waals surface area contributed by atoms with Crippen molar-refractivity contribution in [2.24, 2.45) is 0 Å². The standard InChI is InChI=1S/C21H24ClN7O4/c1-32-18-8-14(2-3-24-20(30)13-29-4-6-33-7-5-29)16(22)9-17(18)27-21(31)28-19-12-25-15(10-23)11-26-19/h8-9,11-12H,2-7,13H2,1H3,(H,24,30)(H2,26,27,28,31). The summed E-state index contributed by atoms with van der Waals surface area (Å²) in [6.45, 7) is 3.52. The molecular formula is C21H24ClN7O4. The summed E-state index contributed by atoms with van der Waals surface area (Å²) < 4.78 is 10.7. The number of aromatic nitrogens is 2. The maximum absolute atomic E-state index is 12.3. The Morgan fingerprint density at radius 3 is 2.70 bits per heavy atom. The Hall–Kier alpha value is -3.46. The lowest BCUT2D eigenvalue weighted by atomic mass is 10.1. The predicted octanol–water partition coefficient (Wildman–Crippen LogP) is 1.65. The second-order valence-corrected chi connectivity index (χ2v) is 7.52. The molecule has 1 aromatic carbocycles. The van der Waals surface area contributed by atoms with E-state index < -0.39 is 6.03 Å². The Bertz CT molecular complexity index is 1020. The Balaban J connectivity index is 1.54. The second-order valence-electron chi connectivity index (χ2n) is 7.11. The van der Waals surface area contributed by atoms with E-state index in [1.54, 1.807) is 12.1 Å². The van der Waals surface area contributed by atoms with Crippen molar-refractivity contribution in [2.45, 2.75) is 6.42 Å². The predicted molar refractivity (Wildman–Crippen MR) is 121 cm³/mol. The third kappa shape index (κ3) is 7.28. The van der Waals surface area contributed by atoms with E-state index in [1.165, 1.54) is 19.5 Å². The lowest BCUT2D eigenvalue weighted by Crippen LogP contribution is -2.43. The van der Waals surface area contributed by atoms with Crippen molar-refractivity contribution in [3.63, 3.8) is 0 Å². The van der Waals surface area contributed by atoms with E-state index >= 15 is 0 Å². The molecule has 0 saturated carbocycles. The van der Waals surface area contributed by atoms with Crippen molar-refractivity contribution in [3.05, 3.63) is 40.8 Å². The fourth-order valence-corrected chi connectivity index (χ4v) is 3.39. The summed E-state index contributed by atoms with van der Waals surface area (Å²) in [5.41, 5.74) is 1.27. The Morgan fingerprint density at radius 2 is 2.03 bits per heavy atom. The fourth-order valence-electron chi connectivity index (χ4n) is 3.13. The number of benzene rings is 1. The molecule has 174 valence electrons. The van der Waals surface area contributed by atoms with Gasteiger partial charge in [-0.2, -0.15) is 5.26 Å². The van der Waals surface area contributed by atoms with Gasteiger partial charge in [0.2, 0.25) is 5.91 Å². The van der Waals surface area contributed by atoms with Gasteiger partial charge in [-0.15, -0.1) is 0 Å². The quantitative estimate of drug-likeness (QED) is 0.525. The molecule has 1 fully saturated rings. The van der Waals surface area contributed by atoms with Crippen molar-refractivity contribution >= 4 is 35.0 Å². The molecule has 11 nitrogen and oxygen atoms in total. The van der Waals surface area contributed by atoms with Gasteiger partial charge in [0.25, 0.3) is 0 Å². The summed E-state index contributed by atoms with van der Waals surface area (Å²) >= 11 is 6.39. The van der Waals surface area contributed by atoms with Gasteiger partial charge in [-0.25, -0.2) is 14.8 Å². The highest BCUT2D eigenvalue weighted by Gasteiger charge is 2.15. The first kappa shape index (κ1) is 24.2. The highest BCUT2D eigenvalue weighted by atomic mass is 35.5. The van der Waals surface area contributed by atoms with Crippen LogP contribution in [0.4, 0.5) is 16.3 Å². The number of ether oxygens (including phenoxy) is 2. The van der Waals surface area contributed by atoms with Gasteiger partial charge in [-0.3, -0.25) is 15.0 Å². The number of methoxy groups -OCH3 is 1. The molecule has 2 aromatic rings. The molecule has 1 aliphatic rings. The zero-order valence-electron chi connectivity index (χ0n) is 18.1. The number of nitrogens with one attached hydrogen (secondary N) is 3. The summed E-state index contributed by atoms with van der Waals surface area (Å²) in [6.07, 6.45) is 3.03. The molecule has 3 amide bonds. The van der Waals surface area contributed by atoms with Gasteiger partial charge in [0.15, 0.2) is 11.5 Å². The summed E-state index contributed by atoms with van der Waals surface area (Å²) in [5, 5.41) is 17.2. The summed E-state index contributed by atoms with van der Waals surface area (Å²) in [4.78, 5) is 34.3. The van der Waals surface area contributed by atoms with E-state index in [0.717, 1.165) is 18.7 Å². The van der Waals surface area contributed by atoms with Gasteiger partial charge in [-0.05, 0) is 24.1 Å². The van der Waals surface area contributed by atoms with E-state index in [1.807, 2.05) is 11.0 Å². The number of carbonyl (C=O) groups excluding carboxylic acids is 2. The topological polar surface area (TPSA) is 142 Å². The van der Waals surface area contributed by atoms with Crippen LogP contribution in [0.15, 0.2) is 24.5 Å². The molecule has 1 saturated heterocycles. The molecule has 0 unspecified atom stereocenters.